The molecule has 46 heavy (non-hydrogen) atoms. The first kappa shape index (κ1) is 27.5. The molecule has 0 spiro atoms. The van der Waals surface area contributed by atoms with Crippen molar-refractivity contribution in [2.45, 2.75) is 6.92 Å². The molecule has 2 heterocycles. The molecular weight excluding hydrogens is 558 g/mol. The first-order valence-electron chi connectivity index (χ1n) is 15.7. The molecule has 0 atom stereocenters. The Morgan fingerprint density at radius 1 is 0.500 bits per heavy atom. The predicted molar refractivity (Wildman–Crippen MR) is 197 cm³/mol. The van der Waals surface area contributed by atoms with Crippen LogP contribution in [0.25, 0.3) is 55.0 Å². The predicted octanol–water partition coefficient (Wildman–Crippen LogP) is 11.7. The summed E-state index contributed by atoms with van der Waals surface area (Å²) in [6, 6.07) is 53.8. The van der Waals surface area contributed by atoms with Gasteiger partial charge in [-0.3, -0.25) is 0 Å². The van der Waals surface area contributed by atoms with E-state index in [2.05, 4.69) is 191 Å². The third-order valence-electron chi connectivity index (χ3n) is 8.86. The molecule has 2 aromatic heterocycles. The summed E-state index contributed by atoms with van der Waals surface area (Å²) in [5.74, 6) is 0. The normalized spacial score (nSPS) is 12.4. The monoisotopic (exact) mass is 591 g/mol. The number of fused-ring (bicyclic) bond motifs is 6. The van der Waals surface area contributed by atoms with E-state index in [4.69, 9.17) is 0 Å². The number of rotatable bonds is 7. The minimum atomic E-state index is 1.02. The van der Waals surface area contributed by atoms with Gasteiger partial charge in [-0.2, -0.15) is 0 Å². The van der Waals surface area contributed by atoms with E-state index in [9.17, 15) is 0 Å². The molecule has 0 amide bonds. The lowest BCUT2D eigenvalue weighted by Crippen LogP contribution is -2.14. The van der Waals surface area contributed by atoms with Crippen molar-refractivity contribution in [3.8, 4) is 5.69 Å². The Morgan fingerprint density at radius 3 is 1.46 bits per heavy atom. The maximum Gasteiger partial charge on any atom is 0.0541 e. The molecule has 3 nitrogen and oxygen atoms in total. The number of allylic oxidation sites excluding steroid dienone is 5. The van der Waals surface area contributed by atoms with E-state index in [1.807, 2.05) is 6.08 Å². The summed E-state index contributed by atoms with van der Waals surface area (Å²) in [5, 5.41) is 5.00. The molecule has 3 heteroatoms. The highest BCUT2D eigenvalue weighted by Crippen LogP contribution is 2.35. The molecule has 0 aliphatic rings. The summed E-state index contributed by atoms with van der Waals surface area (Å²) in [4.78, 5) is 2.30. The minimum Gasteiger partial charge on any atom is -0.315 e. The first-order valence-corrected chi connectivity index (χ1v) is 15.7. The number of benzene rings is 6. The molecule has 6 aromatic carbocycles. The van der Waals surface area contributed by atoms with Gasteiger partial charge in [-0.1, -0.05) is 97.6 Å². The molecule has 0 unspecified atom stereocenters. The van der Waals surface area contributed by atoms with Crippen LogP contribution in [0.3, 0.4) is 0 Å². The van der Waals surface area contributed by atoms with Gasteiger partial charge < -0.3 is 14.0 Å². The van der Waals surface area contributed by atoms with Gasteiger partial charge in [0.25, 0.3) is 0 Å². The standard InChI is InChI=1S/C43H33N3/c1-3-32(45-40-21-11-7-17-36(40)37-18-8-12-22-41(37)45)26-25-31(2)44(33-15-5-4-6-16-33)34-27-29-35(30-28-34)46-42-23-13-9-19-38(42)39-20-10-14-24-43(39)46/h3-30H,1H2,2H3/b31-25+,32-26+. The van der Waals surface area contributed by atoms with Crippen LogP contribution in [0, 0.1) is 0 Å². The summed E-state index contributed by atoms with van der Waals surface area (Å²) >= 11 is 0. The summed E-state index contributed by atoms with van der Waals surface area (Å²) < 4.78 is 4.66. The van der Waals surface area contributed by atoms with E-state index in [1.165, 1.54) is 43.6 Å². The number of aromatic nitrogens is 2. The maximum atomic E-state index is 4.21. The third kappa shape index (κ3) is 4.53. The van der Waals surface area contributed by atoms with Gasteiger partial charge in [-0.25, -0.2) is 0 Å². The summed E-state index contributed by atoms with van der Waals surface area (Å²) in [6.07, 6.45) is 6.30. The molecule has 0 aliphatic carbocycles. The van der Waals surface area contributed by atoms with Gasteiger partial charge in [-0.15, -0.1) is 0 Å². The second-order valence-electron chi connectivity index (χ2n) is 11.5. The Labute approximate surface area is 268 Å². The van der Waals surface area contributed by atoms with Crippen molar-refractivity contribution in [2.24, 2.45) is 0 Å². The van der Waals surface area contributed by atoms with Crippen LogP contribution in [0.2, 0.25) is 0 Å². The SMILES string of the molecule is C=C/C(=C\C=C(/C)N(c1ccccc1)c1ccc(-n2c3ccccc3c3ccccc32)cc1)n1c2ccccc2c2ccccc21. The number of hydrogen-bond donors (Lipinski definition) is 0. The Kier molecular flexibility index (Phi) is 6.85. The van der Waals surface area contributed by atoms with Crippen LogP contribution in [0.15, 0.2) is 182 Å². The van der Waals surface area contributed by atoms with Gasteiger partial charge >= 0.3 is 0 Å². The zero-order chi connectivity index (χ0) is 31.0. The van der Waals surface area contributed by atoms with Gasteiger partial charge in [0, 0.05) is 50.0 Å². The van der Waals surface area contributed by atoms with Crippen molar-refractivity contribution < 1.29 is 0 Å². The topological polar surface area (TPSA) is 13.1 Å². The summed E-state index contributed by atoms with van der Waals surface area (Å²) in [7, 11) is 0. The maximum absolute atomic E-state index is 4.21. The molecule has 0 aliphatic heterocycles. The number of hydrogen-bond acceptors (Lipinski definition) is 1. The van der Waals surface area contributed by atoms with E-state index in [0.29, 0.717) is 0 Å². The second kappa shape index (κ2) is 11.5. The van der Waals surface area contributed by atoms with Crippen molar-refractivity contribution in [3.63, 3.8) is 0 Å². The lowest BCUT2D eigenvalue weighted by molar-refractivity contribution is 1.14. The average Bonchev–Trinajstić information content (AvgIpc) is 3.63. The van der Waals surface area contributed by atoms with E-state index in [0.717, 1.165) is 28.5 Å². The Morgan fingerprint density at radius 2 is 0.935 bits per heavy atom. The van der Waals surface area contributed by atoms with Crippen LogP contribution in [-0.4, -0.2) is 9.13 Å². The quantitative estimate of drug-likeness (QED) is 0.168. The van der Waals surface area contributed by atoms with Crippen molar-refractivity contribution in [1.82, 2.24) is 9.13 Å². The van der Waals surface area contributed by atoms with Gasteiger partial charge in [0.1, 0.15) is 0 Å². The van der Waals surface area contributed by atoms with Crippen LogP contribution in [0.5, 0.6) is 0 Å². The van der Waals surface area contributed by atoms with E-state index >= 15 is 0 Å². The Bertz CT molecular complexity index is 2330. The molecule has 0 N–H and O–H groups in total. The van der Waals surface area contributed by atoms with Crippen molar-refractivity contribution >= 4 is 60.7 Å². The van der Waals surface area contributed by atoms with Gasteiger partial charge in [0.15, 0.2) is 0 Å². The molecule has 8 aromatic rings. The molecule has 0 radical (unpaired) electrons. The number of anilines is 2. The fraction of sp³-hybridized carbons (Fsp3) is 0.0233. The highest BCUT2D eigenvalue weighted by Gasteiger charge is 2.15. The lowest BCUT2D eigenvalue weighted by Gasteiger charge is -2.26. The van der Waals surface area contributed by atoms with Gasteiger partial charge in [0.05, 0.1) is 22.1 Å². The third-order valence-corrected chi connectivity index (χ3v) is 8.86. The fourth-order valence-corrected chi connectivity index (χ4v) is 6.80. The van der Waals surface area contributed by atoms with Gasteiger partial charge in [-0.05, 0) is 85.8 Å². The zero-order valence-corrected chi connectivity index (χ0v) is 25.7. The summed E-state index contributed by atoms with van der Waals surface area (Å²) in [6.45, 7) is 6.38. The van der Waals surface area contributed by atoms with Crippen molar-refractivity contribution in [1.29, 1.82) is 0 Å². The Hall–Kier alpha value is -6.06. The second-order valence-corrected chi connectivity index (χ2v) is 11.5. The average molecular weight is 592 g/mol. The molecule has 0 saturated carbocycles. The van der Waals surface area contributed by atoms with Gasteiger partial charge in [0.2, 0.25) is 0 Å². The Balaban J connectivity index is 1.22. The summed E-state index contributed by atoms with van der Waals surface area (Å²) in [5.41, 5.74) is 10.2. The highest BCUT2D eigenvalue weighted by atomic mass is 15.1. The lowest BCUT2D eigenvalue weighted by atomic mass is 10.2. The first-order chi connectivity index (χ1) is 22.7. The number of nitrogens with zero attached hydrogens (tertiary/aromatic N) is 3. The van der Waals surface area contributed by atoms with E-state index in [-0.39, 0.29) is 0 Å². The van der Waals surface area contributed by atoms with E-state index in [1.54, 1.807) is 0 Å². The van der Waals surface area contributed by atoms with Crippen LogP contribution >= 0.6 is 0 Å². The van der Waals surface area contributed by atoms with E-state index < -0.39 is 0 Å². The van der Waals surface area contributed by atoms with Crippen LogP contribution in [0.1, 0.15) is 6.92 Å². The molecule has 0 saturated heterocycles. The highest BCUT2D eigenvalue weighted by molar-refractivity contribution is 6.11. The minimum absolute atomic E-state index is 1.02. The smallest absolute Gasteiger partial charge is 0.0541 e. The fourth-order valence-electron chi connectivity index (χ4n) is 6.80. The molecule has 0 fully saturated rings. The molecular formula is C43H33N3. The van der Waals surface area contributed by atoms with Crippen LogP contribution in [-0.2, 0) is 0 Å². The molecule has 8 rings (SSSR count). The number of para-hydroxylation sites is 5. The van der Waals surface area contributed by atoms with Crippen LogP contribution in [0.4, 0.5) is 11.4 Å². The van der Waals surface area contributed by atoms with Crippen molar-refractivity contribution in [3.05, 3.63) is 182 Å². The molecule has 220 valence electrons. The van der Waals surface area contributed by atoms with Crippen LogP contribution < -0.4 is 4.90 Å². The zero-order valence-electron chi connectivity index (χ0n) is 25.7. The van der Waals surface area contributed by atoms with Crippen molar-refractivity contribution in [2.75, 3.05) is 4.90 Å². The largest absolute Gasteiger partial charge is 0.315 e. The molecule has 0 bridgehead atoms.